The van der Waals surface area contributed by atoms with Crippen LogP contribution >= 0.6 is 11.8 Å². The van der Waals surface area contributed by atoms with Crippen molar-refractivity contribution < 1.29 is 0 Å². The quantitative estimate of drug-likeness (QED) is 0.662. The summed E-state index contributed by atoms with van der Waals surface area (Å²) >= 11 is 1.84. The lowest BCUT2D eigenvalue weighted by atomic mass is 10.2. The van der Waals surface area contributed by atoms with Crippen LogP contribution in [-0.4, -0.2) is 17.3 Å². The second-order valence-electron chi connectivity index (χ2n) is 3.15. The summed E-state index contributed by atoms with van der Waals surface area (Å²) in [5, 5.41) is 4.53. The van der Waals surface area contributed by atoms with Crippen molar-refractivity contribution in [3.05, 3.63) is 18.3 Å². The van der Waals surface area contributed by atoms with Crippen molar-refractivity contribution in [3.63, 3.8) is 0 Å². The smallest absolute Gasteiger partial charge is 0.119 e. The summed E-state index contributed by atoms with van der Waals surface area (Å²) in [6, 6.07) is 4.07. The Morgan fingerprint density at radius 2 is 2.58 bits per heavy atom. The standard InChI is InChI=1S/C9H12N2S/c1-7-5-11-8-3-2-4-10-9(8)12-6-7/h2-4,7,11H,5-6H2,1H3. The van der Waals surface area contributed by atoms with Gasteiger partial charge in [0.1, 0.15) is 5.03 Å². The predicted molar refractivity (Wildman–Crippen MR) is 52.6 cm³/mol. The van der Waals surface area contributed by atoms with Crippen LogP contribution in [0.1, 0.15) is 6.92 Å². The van der Waals surface area contributed by atoms with E-state index in [0.29, 0.717) is 0 Å². The molecule has 2 heterocycles. The molecule has 0 fully saturated rings. The van der Waals surface area contributed by atoms with E-state index in [-0.39, 0.29) is 0 Å². The number of fused-ring (bicyclic) bond motifs is 1. The van der Waals surface area contributed by atoms with Gasteiger partial charge in [0.2, 0.25) is 0 Å². The van der Waals surface area contributed by atoms with E-state index in [2.05, 4.69) is 23.3 Å². The molecule has 1 aliphatic rings. The molecule has 64 valence electrons. The Bertz CT molecular complexity index is 248. The molecule has 0 amide bonds. The van der Waals surface area contributed by atoms with Gasteiger partial charge in [-0.1, -0.05) is 6.92 Å². The zero-order chi connectivity index (χ0) is 8.39. The van der Waals surface area contributed by atoms with E-state index in [0.717, 1.165) is 23.2 Å². The van der Waals surface area contributed by atoms with Crippen molar-refractivity contribution in [1.29, 1.82) is 0 Å². The predicted octanol–water partition coefficient (Wildman–Crippen LogP) is 2.24. The average molecular weight is 180 g/mol. The van der Waals surface area contributed by atoms with Crippen LogP contribution in [0.3, 0.4) is 0 Å². The Balaban J connectivity index is 2.26. The number of hydrogen-bond acceptors (Lipinski definition) is 3. The molecule has 0 aromatic carbocycles. The highest BCUT2D eigenvalue weighted by molar-refractivity contribution is 7.99. The molecule has 0 aliphatic carbocycles. The third-order valence-electron chi connectivity index (χ3n) is 1.92. The van der Waals surface area contributed by atoms with Crippen LogP contribution in [0.5, 0.6) is 0 Å². The number of aromatic nitrogens is 1. The van der Waals surface area contributed by atoms with Crippen molar-refractivity contribution in [2.24, 2.45) is 5.92 Å². The van der Waals surface area contributed by atoms with Crippen molar-refractivity contribution in [2.75, 3.05) is 17.6 Å². The van der Waals surface area contributed by atoms with Crippen LogP contribution in [0.15, 0.2) is 23.4 Å². The van der Waals surface area contributed by atoms with Crippen LogP contribution in [-0.2, 0) is 0 Å². The maximum Gasteiger partial charge on any atom is 0.119 e. The SMILES string of the molecule is CC1CNc2cccnc2SC1. The van der Waals surface area contributed by atoms with Gasteiger partial charge in [0.05, 0.1) is 5.69 Å². The molecule has 0 bridgehead atoms. The van der Waals surface area contributed by atoms with Crippen molar-refractivity contribution in [1.82, 2.24) is 4.98 Å². The Labute approximate surface area is 76.8 Å². The van der Waals surface area contributed by atoms with Crippen molar-refractivity contribution >= 4 is 17.4 Å². The molecule has 2 rings (SSSR count). The summed E-state index contributed by atoms with van der Waals surface area (Å²) in [5.41, 5.74) is 1.19. The minimum atomic E-state index is 0.726. The summed E-state index contributed by atoms with van der Waals surface area (Å²) in [6.07, 6.45) is 1.85. The van der Waals surface area contributed by atoms with E-state index in [4.69, 9.17) is 0 Å². The maximum absolute atomic E-state index is 4.31. The molecule has 1 atom stereocenters. The highest BCUT2D eigenvalue weighted by Gasteiger charge is 2.12. The minimum Gasteiger partial charge on any atom is -0.383 e. The second kappa shape index (κ2) is 3.35. The van der Waals surface area contributed by atoms with Gasteiger partial charge in [-0.15, -0.1) is 11.8 Å². The van der Waals surface area contributed by atoms with Crippen molar-refractivity contribution in [2.45, 2.75) is 11.9 Å². The van der Waals surface area contributed by atoms with Gasteiger partial charge in [-0.2, -0.15) is 0 Å². The molecule has 1 aliphatic heterocycles. The molecule has 12 heavy (non-hydrogen) atoms. The largest absolute Gasteiger partial charge is 0.383 e. The maximum atomic E-state index is 4.31. The van der Waals surface area contributed by atoms with Crippen LogP contribution < -0.4 is 5.32 Å². The number of hydrogen-bond donors (Lipinski definition) is 1. The van der Waals surface area contributed by atoms with E-state index in [1.165, 1.54) is 5.69 Å². The normalized spacial score (nSPS) is 22.2. The van der Waals surface area contributed by atoms with Gasteiger partial charge in [0, 0.05) is 18.5 Å². The Morgan fingerprint density at radius 3 is 3.50 bits per heavy atom. The topological polar surface area (TPSA) is 24.9 Å². The van der Waals surface area contributed by atoms with Gasteiger partial charge in [-0.05, 0) is 18.1 Å². The van der Waals surface area contributed by atoms with Crippen LogP contribution in [0.25, 0.3) is 0 Å². The number of anilines is 1. The number of nitrogens with one attached hydrogen (secondary N) is 1. The summed E-state index contributed by atoms with van der Waals surface area (Å²) in [7, 11) is 0. The van der Waals surface area contributed by atoms with E-state index < -0.39 is 0 Å². The molecule has 0 saturated carbocycles. The molecular formula is C9H12N2S. The molecule has 1 aromatic heterocycles. The fraction of sp³-hybridized carbons (Fsp3) is 0.444. The lowest BCUT2D eigenvalue weighted by Gasteiger charge is -2.06. The lowest BCUT2D eigenvalue weighted by Crippen LogP contribution is -2.10. The van der Waals surface area contributed by atoms with Crippen LogP contribution in [0.4, 0.5) is 5.69 Å². The van der Waals surface area contributed by atoms with Gasteiger partial charge < -0.3 is 5.32 Å². The third kappa shape index (κ3) is 1.55. The lowest BCUT2D eigenvalue weighted by molar-refractivity contribution is 0.705. The Kier molecular flexibility index (Phi) is 2.21. The first-order chi connectivity index (χ1) is 5.86. The summed E-state index contributed by atoms with van der Waals surface area (Å²) in [4.78, 5) is 4.31. The third-order valence-corrected chi connectivity index (χ3v) is 3.25. The molecule has 3 heteroatoms. The summed E-state index contributed by atoms with van der Waals surface area (Å²) < 4.78 is 0. The Hall–Kier alpha value is -0.700. The highest BCUT2D eigenvalue weighted by atomic mass is 32.2. The van der Waals surface area contributed by atoms with Crippen LogP contribution in [0.2, 0.25) is 0 Å². The monoisotopic (exact) mass is 180 g/mol. The number of thioether (sulfide) groups is 1. The molecule has 1 unspecified atom stereocenters. The van der Waals surface area contributed by atoms with Gasteiger partial charge in [-0.25, -0.2) is 4.98 Å². The zero-order valence-electron chi connectivity index (χ0n) is 7.08. The first kappa shape index (κ1) is 7.92. The molecule has 1 aromatic rings. The number of pyridine rings is 1. The van der Waals surface area contributed by atoms with Gasteiger partial charge in [-0.3, -0.25) is 0 Å². The molecule has 2 nitrogen and oxygen atoms in total. The van der Waals surface area contributed by atoms with Gasteiger partial charge in [0.25, 0.3) is 0 Å². The van der Waals surface area contributed by atoms with E-state index >= 15 is 0 Å². The molecule has 0 radical (unpaired) electrons. The fourth-order valence-corrected chi connectivity index (χ4v) is 2.20. The first-order valence-electron chi connectivity index (χ1n) is 4.18. The molecule has 0 spiro atoms. The number of nitrogens with zero attached hydrogens (tertiary/aromatic N) is 1. The van der Waals surface area contributed by atoms with Gasteiger partial charge >= 0.3 is 0 Å². The van der Waals surface area contributed by atoms with Crippen molar-refractivity contribution in [3.8, 4) is 0 Å². The number of rotatable bonds is 0. The molecular weight excluding hydrogens is 168 g/mol. The minimum absolute atomic E-state index is 0.726. The molecule has 0 saturated heterocycles. The summed E-state index contributed by atoms with van der Waals surface area (Å²) in [5.74, 6) is 1.89. The summed E-state index contributed by atoms with van der Waals surface area (Å²) in [6.45, 7) is 3.32. The highest BCUT2D eigenvalue weighted by Crippen LogP contribution is 2.29. The Morgan fingerprint density at radius 1 is 1.67 bits per heavy atom. The van der Waals surface area contributed by atoms with Gasteiger partial charge in [0.15, 0.2) is 0 Å². The fourth-order valence-electron chi connectivity index (χ4n) is 1.20. The van der Waals surface area contributed by atoms with E-state index in [1.807, 2.05) is 24.0 Å². The second-order valence-corrected chi connectivity index (χ2v) is 4.16. The zero-order valence-corrected chi connectivity index (χ0v) is 7.90. The van der Waals surface area contributed by atoms with E-state index in [9.17, 15) is 0 Å². The van der Waals surface area contributed by atoms with Crippen LogP contribution in [0, 0.1) is 5.92 Å². The molecule has 1 N–H and O–H groups in total. The van der Waals surface area contributed by atoms with E-state index in [1.54, 1.807) is 0 Å². The average Bonchev–Trinajstić information content (AvgIpc) is 2.29. The first-order valence-corrected chi connectivity index (χ1v) is 5.16.